The minimum atomic E-state index is -0.470. The van der Waals surface area contributed by atoms with Crippen LogP contribution in [0, 0.1) is 11.3 Å². The van der Waals surface area contributed by atoms with Crippen molar-refractivity contribution in [2.45, 2.75) is 26.3 Å². The largest absolute Gasteiger partial charge is 0.464 e. The van der Waals surface area contributed by atoms with Gasteiger partial charge in [-0.15, -0.1) is 0 Å². The number of nitrogens with zero attached hydrogens (tertiary/aromatic N) is 2. The maximum Gasteiger partial charge on any atom is 0.326 e. The highest BCUT2D eigenvalue weighted by Gasteiger charge is 2.07. The molecule has 0 aliphatic heterocycles. The average molecular weight is 234 g/mol. The SMILES string of the molecule is CCCCOC(=O)Cn1cccc(C#N)c1=O. The summed E-state index contributed by atoms with van der Waals surface area (Å²) in [5.41, 5.74) is -0.448. The van der Waals surface area contributed by atoms with E-state index >= 15 is 0 Å². The van der Waals surface area contributed by atoms with Crippen LogP contribution >= 0.6 is 0 Å². The number of esters is 1. The van der Waals surface area contributed by atoms with Crippen molar-refractivity contribution in [3.05, 3.63) is 34.2 Å². The zero-order valence-corrected chi connectivity index (χ0v) is 9.68. The van der Waals surface area contributed by atoms with Crippen molar-refractivity contribution < 1.29 is 9.53 Å². The number of carbonyl (C=O) groups is 1. The van der Waals surface area contributed by atoms with E-state index in [9.17, 15) is 9.59 Å². The second kappa shape index (κ2) is 6.48. The first-order chi connectivity index (χ1) is 8.19. The molecule has 0 saturated carbocycles. The fourth-order valence-electron chi connectivity index (χ4n) is 1.26. The molecule has 0 radical (unpaired) electrons. The van der Waals surface area contributed by atoms with Crippen LogP contribution in [0.5, 0.6) is 0 Å². The minimum Gasteiger partial charge on any atom is -0.464 e. The molecule has 1 aromatic heterocycles. The first kappa shape index (κ1) is 13.0. The first-order valence-electron chi connectivity index (χ1n) is 5.44. The summed E-state index contributed by atoms with van der Waals surface area (Å²) in [6.07, 6.45) is 3.21. The van der Waals surface area contributed by atoms with Crippen molar-refractivity contribution in [3.8, 4) is 6.07 Å². The van der Waals surface area contributed by atoms with Crippen molar-refractivity contribution in [1.29, 1.82) is 5.26 Å². The zero-order chi connectivity index (χ0) is 12.7. The van der Waals surface area contributed by atoms with Gasteiger partial charge in [0.1, 0.15) is 18.2 Å². The first-order valence-corrected chi connectivity index (χ1v) is 5.44. The van der Waals surface area contributed by atoms with Gasteiger partial charge in [-0.25, -0.2) is 0 Å². The van der Waals surface area contributed by atoms with E-state index < -0.39 is 11.5 Å². The van der Waals surface area contributed by atoms with Gasteiger partial charge < -0.3 is 9.30 Å². The van der Waals surface area contributed by atoms with Gasteiger partial charge in [0.2, 0.25) is 0 Å². The molecule has 0 unspecified atom stereocenters. The summed E-state index contributed by atoms with van der Waals surface area (Å²) < 4.78 is 6.11. The number of rotatable bonds is 5. The Kier molecular flexibility index (Phi) is 4.95. The summed E-state index contributed by atoms with van der Waals surface area (Å²) in [4.78, 5) is 23.0. The lowest BCUT2D eigenvalue weighted by Crippen LogP contribution is -2.26. The van der Waals surface area contributed by atoms with Crippen LogP contribution in [-0.4, -0.2) is 17.1 Å². The Morgan fingerprint density at radius 3 is 3.00 bits per heavy atom. The topological polar surface area (TPSA) is 72.1 Å². The third-order valence-corrected chi connectivity index (χ3v) is 2.20. The van der Waals surface area contributed by atoms with Crippen LogP contribution in [0.3, 0.4) is 0 Å². The second-order valence-corrected chi connectivity index (χ2v) is 3.54. The molecule has 1 aromatic rings. The Bertz CT molecular complexity index is 485. The molecule has 0 bridgehead atoms. The molecule has 0 aromatic carbocycles. The molecule has 17 heavy (non-hydrogen) atoms. The summed E-state index contributed by atoms with van der Waals surface area (Å²) in [6, 6.07) is 4.75. The van der Waals surface area contributed by atoms with E-state index in [0.717, 1.165) is 12.8 Å². The molecule has 1 heterocycles. The Morgan fingerprint density at radius 2 is 2.35 bits per heavy atom. The van der Waals surface area contributed by atoms with Gasteiger partial charge in [0.25, 0.3) is 5.56 Å². The highest BCUT2D eigenvalue weighted by atomic mass is 16.5. The number of nitriles is 1. The summed E-state index contributed by atoms with van der Waals surface area (Å²) in [6.45, 7) is 2.20. The summed E-state index contributed by atoms with van der Waals surface area (Å²) >= 11 is 0. The molecule has 0 saturated heterocycles. The molecule has 0 amide bonds. The quantitative estimate of drug-likeness (QED) is 0.564. The molecule has 0 aliphatic rings. The number of unbranched alkanes of at least 4 members (excludes halogenated alkanes) is 1. The molecule has 0 aliphatic carbocycles. The van der Waals surface area contributed by atoms with Gasteiger partial charge in [-0.3, -0.25) is 9.59 Å². The highest BCUT2D eigenvalue weighted by molar-refractivity contribution is 5.69. The van der Waals surface area contributed by atoms with Crippen molar-refractivity contribution in [1.82, 2.24) is 4.57 Å². The molecular formula is C12H14N2O3. The Balaban J connectivity index is 2.66. The number of hydrogen-bond acceptors (Lipinski definition) is 4. The highest BCUT2D eigenvalue weighted by Crippen LogP contribution is 1.93. The molecule has 0 spiro atoms. The van der Waals surface area contributed by atoms with Crippen LogP contribution in [0.25, 0.3) is 0 Å². The summed E-state index contributed by atoms with van der Waals surface area (Å²) in [5.74, 6) is -0.462. The van der Waals surface area contributed by atoms with Crippen molar-refractivity contribution in [2.75, 3.05) is 6.61 Å². The molecule has 0 N–H and O–H groups in total. The van der Waals surface area contributed by atoms with E-state index in [0.29, 0.717) is 6.61 Å². The van der Waals surface area contributed by atoms with Crippen molar-refractivity contribution in [3.63, 3.8) is 0 Å². The minimum absolute atomic E-state index is 0.0221. The standard InChI is InChI=1S/C12H14N2O3/c1-2-3-7-17-11(15)9-14-6-4-5-10(8-13)12(14)16/h4-6H,2-3,7,9H2,1H3. The molecular weight excluding hydrogens is 220 g/mol. The van der Waals surface area contributed by atoms with Crippen LogP contribution in [0.4, 0.5) is 0 Å². The molecule has 5 nitrogen and oxygen atoms in total. The molecule has 5 heteroatoms. The fraction of sp³-hybridized carbons (Fsp3) is 0.417. The van der Waals surface area contributed by atoms with Gasteiger partial charge in [-0.2, -0.15) is 5.26 Å². The lowest BCUT2D eigenvalue weighted by molar-refractivity contribution is -0.144. The van der Waals surface area contributed by atoms with Crippen LogP contribution in [0.15, 0.2) is 23.1 Å². The number of hydrogen-bond donors (Lipinski definition) is 0. The van der Waals surface area contributed by atoms with Crippen molar-refractivity contribution >= 4 is 5.97 Å². The van der Waals surface area contributed by atoms with E-state index in [1.807, 2.05) is 6.92 Å². The monoisotopic (exact) mass is 234 g/mol. The van der Waals surface area contributed by atoms with Crippen molar-refractivity contribution in [2.24, 2.45) is 0 Å². The fourth-order valence-corrected chi connectivity index (χ4v) is 1.26. The second-order valence-electron chi connectivity index (χ2n) is 3.54. The van der Waals surface area contributed by atoms with Crippen LogP contribution in [0.1, 0.15) is 25.3 Å². The normalized spacial score (nSPS) is 9.65. The van der Waals surface area contributed by atoms with E-state index in [2.05, 4.69) is 0 Å². The summed E-state index contributed by atoms with van der Waals surface area (Å²) in [7, 11) is 0. The average Bonchev–Trinajstić information content (AvgIpc) is 2.32. The predicted octanol–water partition coefficient (Wildman–Crippen LogP) is 1.06. The molecule has 0 fully saturated rings. The lowest BCUT2D eigenvalue weighted by Gasteiger charge is -2.06. The number of pyridine rings is 1. The van der Waals surface area contributed by atoms with Gasteiger partial charge >= 0.3 is 5.97 Å². The Hall–Kier alpha value is -2.09. The summed E-state index contributed by atoms with van der Waals surface area (Å²) in [5, 5.41) is 8.67. The third kappa shape index (κ3) is 3.76. The molecule has 1 rings (SSSR count). The van der Waals surface area contributed by atoms with Crippen LogP contribution in [-0.2, 0) is 16.1 Å². The predicted molar refractivity (Wildman–Crippen MR) is 61.3 cm³/mol. The maximum absolute atomic E-state index is 11.6. The van der Waals surface area contributed by atoms with Gasteiger partial charge in [0.15, 0.2) is 0 Å². The van der Waals surface area contributed by atoms with Gasteiger partial charge in [-0.05, 0) is 18.6 Å². The van der Waals surface area contributed by atoms with E-state index in [4.69, 9.17) is 10.00 Å². The lowest BCUT2D eigenvalue weighted by atomic mass is 10.3. The number of ether oxygens (including phenoxy) is 1. The Labute approximate surface area is 99.2 Å². The molecule has 90 valence electrons. The number of aromatic nitrogens is 1. The van der Waals surface area contributed by atoms with Gasteiger partial charge in [0.05, 0.1) is 6.61 Å². The Morgan fingerprint density at radius 1 is 1.59 bits per heavy atom. The van der Waals surface area contributed by atoms with Crippen LogP contribution in [0.2, 0.25) is 0 Å². The van der Waals surface area contributed by atoms with E-state index in [1.165, 1.54) is 16.8 Å². The van der Waals surface area contributed by atoms with E-state index in [1.54, 1.807) is 12.1 Å². The number of carbonyl (C=O) groups excluding carboxylic acids is 1. The van der Waals surface area contributed by atoms with Crippen LogP contribution < -0.4 is 5.56 Å². The van der Waals surface area contributed by atoms with E-state index in [-0.39, 0.29) is 12.1 Å². The molecule has 0 atom stereocenters. The maximum atomic E-state index is 11.6. The third-order valence-electron chi connectivity index (χ3n) is 2.20. The smallest absolute Gasteiger partial charge is 0.326 e. The van der Waals surface area contributed by atoms with Gasteiger partial charge in [0, 0.05) is 6.20 Å². The zero-order valence-electron chi connectivity index (χ0n) is 9.68. The van der Waals surface area contributed by atoms with Gasteiger partial charge in [-0.1, -0.05) is 13.3 Å².